The highest BCUT2D eigenvalue weighted by Gasteiger charge is 2.30. The highest BCUT2D eigenvalue weighted by Crippen LogP contribution is 2.32. The summed E-state index contributed by atoms with van der Waals surface area (Å²) in [5.41, 5.74) is 0.109. The second-order valence-corrected chi connectivity index (χ2v) is 7.13. The predicted molar refractivity (Wildman–Crippen MR) is 99.0 cm³/mol. The molecule has 0 N–H and O–H groups in total. The van der Waals surface area contributed by atoms with Crippen molar-refractivity contribution >= 4 is 23.4 Å². The summed E-state index contributed by atoms with van der Waals surface area (Å²) in [6.45, 7) is 0. The van der Waals surface area contributed by atoms with E-state index in [1.165, 1.54) is 12.1 Å². The second kappa shape index (κ2) is 7.88. The average Bonchev–Trinajstić information content (AvgIpc) is 3.35. The maximum Gasteiger partial charge on any atom is 0.416 e. The van der Waals surface area contributed by atoms with Crippen molar-refractivity contribution in [3.05, 3.63) is 65.0 Å². The average molecular weight is 439 g/mol. The van der Waals surface area contributed by atoms with Gasteiger partial charge in [0.25, 0.3) is 5.22 Å². The summed E-state index contributed by atoms with van der Waals surface area (Å²) >= 11 is 7.10. The van der Waals surface area contributed by atoms with Gasteiger partial charge in [-0.15, -0.1) is 10.2 Å². The van der Waals surface area contributed by atoms with Crippen LogP contribution in [0.4, 0.5) is 13.2 Å². The van der Waals surface area contributed by atoms with Crippen molar-refractivity contribution < 1.29 is 22.1 Å². The summed E-state index contributed by atoms with van der Waals surface area (Å²) in [7, 11) is 0. The summed E-state index contributed by atoms with van der Waals surface area (Å²) in [6.07, 6.45) is -4.45. The Balaban J connectivity index is 1.44. The van der Waals surface area contributed by atoms with E-state index < -0.39 is 11.7 Å². The van der Waals surface area contributed by atoms with Gasteiger partial charge in [0.2, 0.25) is 17.6 Å². The zero-order valence-electron chi connectivity index (χ0n) is 14.4. The number of halogens is 4. The molecule has 4 rings (SSSR count). The van der Waals surface area contributed by atoms with Crippen LogP contribution in [0.1, 0.15) is 11.5 Å². The summed E-state index contributed by atoms with van der Waals surface area (Å²) < 4.78 is 49.2. The summed E-state index contributed by atoms with van der Waals surface area (Å²) in [5.74, 6) is 0.801. The van der Waals surface area contributed by atoms with Gasteiger partial charge in [-0.05, 0) is 30.3 Å². The van der Waals surface area contributed by atoms with Gasteiger partial charge in [-0.25, -0.2) is 0 Å². The van der Waals surface area contributed by atoms with Gasteiger partial charge in [-0.1, -0.05) is 46.7 Å². The van der Waals surface area contributed by atoms with Crippen molar-refractivity contribution in [1.29, 1.82) is 0 Å². The summed E-state index contributed by atoms with van der Waals surface area (Å²) in [6, 6.07) is 11.7. The molecule has 0 unspecified atom stereocenters. The lowest BCUT2D eigenvalue weighted by molar-refractivity contribution is -0.137. The molecular formula is C18H10ClF3N4O2S. The van der Waals surface area contributed by atoms with E-state index >= 15 is 0 Å². The fourth-order valence-electron chi connectivity index (χ4n) is 2.40. The monoisotopic (exact) mass is 438 g/mol. The minimum absolute atomic E-state index is 0.0665. The molecule has 11 heteroatoms. The van der Waals surface area contributed by atoms with Gasteiger partial charge in [0.05, 0.1) is 11.3 Å². The topological polar surface area (TPSA) is 77.8 Å². The van der Waals surface area contributed by atoms with E-state index in [-0.39, 0.29) is 28.3 Å². The lowest BCUT2D eigenvalue weighted by Gasteiger charge is -2.06. The number of nitrogens with zero attached hydrogens (tertiary/aromatic N) is 4. The van der Waals surface area contributed by atoms with Crippen molar-refractivity contribution in [2.24, 2.45) is 0 Å². The van der Waals surface area contributed by atoms with E-state index in [4.69, 9.17) is 20.5 Å². The largest absolute Gasteiger partial charge is 0.416 e. The molecule has 0 radical (unpaired) electrons. The molecule has 2 aromatic heterocycles. The van der Waals surface area contributed by atoms with Gasteiger partial charge in [0, 0.05) is 16.1 Å². The second-order valence-electron chi connectivity index (χ2n) is 5.76. The van der Waals surface area contributed by atoms with Crippen molar-refractivity contribution in [3.63, 3.8) is 0 Å². The van der Waals surface area contributed by atoms with Crippen LogP contribution in [0.15, 0.2) is 62.7 Å². The van der Waals surface area contributed by atoms with Crippen LogP contribution in [0.5, 0.6) is 0 Å². The van der Waals surface area contributed by atoms with Crippen molar-refractivity contribution in [2.45, 2.75) is 17.2 Å². The lowest BCUT2D eigenvalue weighted by Crippen LogP contribution is -2.04. The zero-order valence-corrected chi connectivity index (χ0v) is 15.9. The van der Waals surface area contributed by atoms with E-state index in [9.17, 15) is 13.2 Å². The Morgan fingerprint density at radius 1 is 1.00 bits per heavy atom. The molecular weight excluding hydrogens is 429 g/mol. The molecule has 2 heterocycles. The van der Waals surface area contributed by atoms with E-state index in [0.29, 0.717) is 16.5 Å². The number of benzene rings is 2. The number of hydrogen-bond acceptors (Lipinski definition) is 7. The van der Waals surface area contributed by atoms with Gasteiger partial charge in [-0.2, -0.15) is 18.2 Å². The molecule has 0 spiro atoms. The van der Waals surface area contributed by atoms with Crippen LogP contribution in [0.25, 0.3) is 22.8 Å². The maximum absolute atomic E-state index is 12.8. The fraction of sp³-hybridized carbons (Fsp3) is 0.111. The van der Waals surface area contributed by atoms with Crippen LogP contribution in [-0.4, -0.2) is 20.3 Å². The first-order valence-electron chi connectivity index (χ1n) is 8.11. The maximum atomic E-state index is 12.8. The molecule has 0 aliphatic rings. The van der Waals surface area contributed by atoms with Crippen LogP contribution < -0.4 is 0 Å². The Hall–Kier alpha value is -2.85. The minimum Gasteiger partial charge on any atom is -0.411 e. The Labute approximate surface area is 171 Å². The Morgan fingerprint density at radius 2 is 1.79 bits per heavy atom. The molecule has 6 nitrogen and oxygen atoms in total. The van der Waals surface area contributed by atoms with Gasteiger partial charge in [0.15, 0.2) is 0 Å². The van der Waals surface area contributed by atoms with Crippen LogP contribution in [0.2, 0.25) is 5.02 Å². The highest BCUT2D eigenvalue weighted by atomic mass is 35.5. The molecule has 148 valence electrons. The quantitative estimate of drug-likeness (QED) is 0.367. The number of alkyl halides is 3. The normalized spacial score (nSPS) is 11.7. The van der Waals surface area contributed by atoms with Crippen molar-refractivity contribution in [2.75, 3.05) is 0 Å². The van der Waals surface area contributed by atoms with Crippen molar-refractivity contribution in [1.82, 2.24) is 20.3 Å². The van der Waals surface area contributed by atoms with E-state index in [1.807, 2.05) is 0 Å². The summed E-state index contributed by atoms with van der Waals surface area (Å²) in [5, 5.41) is 12.4. The molecule has 4 aromatic rings. The predicted octanol–water partition coefficient (Wildman–Crippen LogP) is 5.75. The van der Waals surface area contributed by atoms with Gasteiger partial charge < -0.3 is 8.94 Å². The molecule has 0 aliphatic heterocycles. The SMILES string of the molecule is FC(F)(F)c1cccc(-c2noc(CSc3nnc(-c4cccc(Cl)c4)o3)n2)c1. The third kappa shape index (κ3) is 4.60. The van der Waals surface area contributed by atoms with Crippen LogP contribution >= 0.6 is 23.4 Å². The molecule has 0 saturated heterocycles. The standard InChI is InChI=1S/C18H10ClF3N4O2S/c19-13-6-2-4-11(8-13)16-24-25-17(27-16)29-9-14-23-15(26-28-14)10-3-1-5-12(7-10)18(20,21)22/h1-8H,9H2. The van der Waals surface area contributed by atoms with Crippen LogP contribution in [-0.2, 0) is 11.9 Å². The fourth-order valence-corrected chi connectivity index (χ4v) is 3.19. The first kappa shape index (κ1) is 19.5. The minimum atomic E-state index is -4.45. The van der Waals surface area contributed by atoms with E-state index in [0.717, 1.165) is 23.9 Å². The van der Waals surface area contributed by atoms with E-state index in [1.54, 1.807) is 24.3 Å². The van der Waals surface area contributed by atoms with Gasteiger partial charge in [0.1, 0.15) is 0 Å². The van der Waals surface area contributed by atoms with Gasteiger partial charge in [-0.3, -0.25) is 0 Å². The molecule has 0 aliphatic carbocycles. The Kier molecular flexibility index (Phi) is 5.29. The first-order chi connectivity index (χ1) is 13.9. The molecule has 0 atom stereocenters. The zero-order chi connectivity index (χ0) is 20.4. The van der Waals surface area contributed by atoms with Crippen LogP contribution in [0.3, 0.4) is 0 Å². The Bertz CT molecular complexity index is 1150. The smallest absolute Gasteiger partial charge is 0.411 e. The summed E-state index contributed by atoms with van der Waals surface area (Å²) in [4.78, 5) is 4.12. The van der Waals surface area contributed by atoms with Crippen LogP contribution in [0, 0.1) is 0 Å². The van der Waals surface area contributed by atoms with E-state index in [2.05, 4.69) is 20.3 Å². The number of thioether (sulfide) groups is 1. The Morgan fingerprint density at radius 3 is 2.59 bits per heavy atom. The molecule has 0 bridgehead atoms. The first-order valence-corrected chi connectivity index (χ1v) is 9.47. The molecule has 2 aromatic carbocycles. The third-order valence-corrected chi connectivity index (χ3v) is 4.75. The molecule has 0 amide bonds. The molecule has 0 fully saturated rings. The number of rotatable bonds is 5. The number of hydrogen-bond donors (Lipinski definition) is 0. The lowest BCUT2D eigenvalue weighted by atomic mass is 10.1. The third-order valence-electron chi connectivity index (χ3n) is 3.71. The van der Waals surface area contributed by atoms with Crippen molar-refractivity contribution in [3.8, 4) is 22.8 Å². The highest BCUT2D eigenvalue weighted by molar-refractivity contribution is 7.98. The molecule has 0 saturated carbocycles. The van der Waals surface area contributed by atoms with Gasteiger partial charge >= 0.3 is 6.18 Å². The molecule has 29 heavy (non-hydrogen) atoms. The number of aromatic nitrogens is 4.